The molecule has 0 saturated carbocycles. The Morgan fingerprint density at radius 1 is 0.974 bits per heavy atom. The van der Waals surface area contributed by atoms with Gasteiger partial charge in [-0.2, -0.15) is 0 Å². The van der Waals surface area contributed by atoms with Crippen LogP contribution in [-0.2, 0) is 6.54 Å². The van der Waals surface area contributed by atoms with Gasteiger partial charge in [-0.3, -0.25) is 19.7 Å². The molecule has 0 spiro atoms. The van der Waals surface area contributed by atoms with Gasteiger partial charge in [-0.25, -0.2) is 4.98 Å². The molecule has 1 aromatic carbocycles. The van der Waals surface area contributed by atoms with E-state index in [1.165, 1.54) is 5.56 Å². The van der Waals surface area contributed by atoms with Crippen LogP contribution in [-0.4, -0.2) is 63.4 Å². The van der Waals surface area contributed by atoms with Gasteiger partial charge in [-0.05, 0) is 61.9 Å². The molecule has 1 aliphatic heterocycles. The molecule has 198 valence electrons. The number of carbonyl (C=O) groups excluding carboxylic acids is 1. The van der Waals surface area contributed by atoms with Crippen molar-refractivity contribution in [3.63, 3.8) is 0 Å². The highest BCUT2D eigenvalue weighted by atomic mass is 16.1. The molecule has 0 atom stereocenters. The smallest absolute Gasteiger partial charge is 0.257 e. The van der Waals surface area contributed by atoms with Gasteiger partial charge < -0.3 is 16.0 Å². The summed E-state index contributed by atoms with van der Waals surface area (Å²) in [5, 5.41) is 3.85. The zero-order valence-corrected chi connectivity index (χ0v) is 22.7. The minimum Gasteiger partial charge on any atom is -0.382 e. The number of piperazine rings is 1. The lowest BCUT2D eigenvalue weighted by atomic mass is 10.1. The Kier molecular flexibility index (Phi) is 7.82. The molecule has 8 heteroatoms. The average Bonchev–Trinajstić information content (AvgIpc) is 2.95. The van der Waals surface area contributed by atoms with E-state index in [0.29, 0.717) is 28.0 Å². The molecule has 39 heavy (non-hydrogen) atoms. The number of anilines is 2. The lowest BCUT2D eigenvalue weighted by molar-refractivity contribution is 0.102. The minimum atomic E-state index is -0.225. The van der Waals surface area contributed by atoms with Crippen LogP contribution in [0.4, 0.5) is 11.5 Å². The number of carbonyl (C=O) groups is 1. The van der Waals surface area contributed by atoms with E-state index in [4.69, 9.17) is 5.73 Å². The number of fused-ring (bicyclic) bond motifs is 1. The van der Waals surface area contributed by atoms with Crippen LogP contribution in [0.5, 0.6) is 0 Å². The fourth-order valence-corrected chi connectivity index (χ4v) is 4.77. The molecule has 4 heterocycles. The number of nitrogens with zero attached hydrogens (tertiary/aromatic N) is 5. The molecule has 1 fully saturated rings. The van der Waals surface area contributed by atoms with E-state index in [1.54, 1.807) is 24.7 Å². The molecular weight excluding hydrogens is 486 g/mol. The molecule has 1 amide bonds. The van der Waals surface area contributed by atoms with E-state index in [0.717, 1.165) is 61.6 Å². The van der Waals surface area contributed by atoms with Crippen molar-refractivity contribution in [1.29, 1.82) is 0 Å². The van der Waals surface area contributed by atoms with Crippen molar-refractivity contribution < 1.29 is 4.79 Å². The largest absolute Gasteiger partial charge is 0.382 e. The molecule has 1 saturated heterocycles. The van der Waals surface area contributed by atoms with E-state index in [2.05, 4.69) is 61.8 Å². The molecule has 0 radical (unpaired) electrons. The second-order valence-corrected chi connectivity index (χ2v) is 9.87. The monoisotopic (exact) mass is 519 g/mol. The van der Waals surface area contributed by atoms with Gasteiger partial charge in [0.25, 0.3) is 5.91 Å². The van der Waals surface area contributed by atoms with Crippen LogP contribution in [0.25, 0.3) is 10.9 Å². The topological polar surface area (TPSA) is 100 Å². The Bertz CT molecular complexity index is 1580. The van der Waals surface area contributed by atoms with Crippen molar-refractivity contribution in [2.45, 2.75) is 27.3 Å². The lowest BCUT2D eigenvalue weighted by Crippen LogP contribution is -2.45. The van der Waals surface area contributed by atoms with Crippen LogP contribution in [0, 0.1) is 25.7 Å². The van der Waals surface area contributed by atoms with Crippen molar-refractivity contribution in [3.8, 4) is 11.8 Å². The summed E-state index contributed by atoms with van der Waals surface area (Å²) < 4.78 is 0. The standard InChI is InChI=1S/C31H33N7O/c1-4-37-12-14-38(15-13-37)20-25-9-10-27(16-21(25)2)36-31(39)26-17-23(22(3)34-19-26)7-8-24-18-35-30(32)29-28(24)6-5-11-33-29/h5-6,9-11,16-19H,4,12-15,20H2,1-3H3,(H2,32,35)(H,36,39). The van der Waals surface area contributed by atoms with Crippen molar-refractivity contribution >= 4 is 28.3 Å². The lowest BCUT2D eigenvalue weighted by Gasteiger charge is -2.34. The highest BCUT2D eigenvalue weighted by Crippen LogP contribution is 2.21. The zero-order chi connectivity index (χ0) is 27.4. The second-order valence-electron chi connectivity index (χ2n) is 9.87. The summed E-state index contributed by atoms with van der Waals surface area (Å²) in [6.45, 7) is 12.6. The summed E-state index contributed by atoms with van der Waals surface area (Å²) in [6.07, 6.45) is 4.90. The number of nitrogens with two attached hydrogens (primary N) is 1. The Hall–Kier alpha value is -4.32. The summed E-state index contributed by atoms with van der Waals surface area (Å²) >= 11 is 0. The number of likely N-dealkylation sites (N-methyl/N-ethyl adjacent to an activating group) is 1. The van der Waals surface area contributed by atoms with Crippen LogP contribution in [0.3, 0.4) is 0 Å². The predicted molar refractivity (Wildman–Crippen MR) is 155 cm³/mol. The predicted octanol–water partition coefficient (Wildman–Crippen LogP) is 4.01. The van der Waals surface area contributed by atoms with E-state index < -0.39 is 0 Å². The molecule has 8 nitrogen and oxygen atoms in total. The number of amides is 1. The summed E-state index contributed by atoms with van der Waals surface area (Å²) in [6, 6.07) is 11.6. The highest BCUT2D eigenvalue weighted by molar-refractivity contribution is 6.04. The Labute approximate surface area is 229 Å². The molecule has 0 unspecified atom stereocenters. The SMILES string of the molecule is CCN1CCN(Cc2ccc(NC(=O)c3cnc(C)c(C#Cc4cnc(N)c5ncccc45)c3)cc2C)CC1. The maximum absolute atomic E-state index is 13.1. The van der Waals surface area contributed by atoms with E-state index in [-0.39, 0.29) is 5.91 Å². The van der Waals surface area contributed by atoms with Crippen molar-refractivity contribution in [1.82, 2.24) is 24.8 Å². The summed E-state index contributed by atoms with van der Waals surface area (Å²) in [5.74, 6) is 6.45. The van der Waals surface area contributed by atoms with Gasteiger partial charge in [-0.15, -0.1) is 0 Å². The Morgan fingerprint density at radius 2 is 1.74 bits per heavy atom. The van der Waals surface area contributed by atoms with E-state index in [9.17, 15) is 4.79 Å². The number of hydrogen-bond acceptors (Lipinski definition) is 7. The van der Waals surface area contributed by atoms with Crippen molar-refractivity contribution in [3.05, 3.63) is 88.5 Å². The maximum atomic E-state index is 13.1. The number of aryl methyl sites for hydroxylation is 2. The van der Waals surface area contributed by atoms with Gasteiger partial charge in [0.15, 0.2) is 0 Å². The van der Waals surface area contributed by atoms with Crippen LogP contribution in [0.15, 0.2) is 55.0 Å². The quantitative estimate of drug-likeness (QED) is 0.384. The van der Waals surface area contributed by atoms with Gasteiger partial charge in [-0.1, -0.05) is 24.8 Å². The third-order valence-electron chi connectivity index (χ3n) is 7.26. The first-order valence-electron chi connectivity index (χ1n) is 13.2. The number of pyridine rings is 3. The van der Waals surface area contributed by atoms with Crippen LogP contribution in [0.1, 0.15) is 45.2 Å². The van der Waals surface area contributed by atoms with Crippen LogP contribution < -0.4 is 11.1 Å². The highest BCUT2D eigenvalue weighted by Gasteiger charge is 2.17. The molecule has 1 aliphatic rings. The molecule has 4 aromatic rings. The normalized spacial score (nSPS) is 14.1. The first-order valence-corrected chi connectivity index (χ1v) is 13.2. The number of nitrogen functional groups attached to an aromatic ring is 1. The van der Waals surface area contributed by atoms with Gasteiger partial charge >= 0.3 is 0 Å². The maximum Gasteiger partial charge on any atom is 0.257 e. The third kappa shape index (κ3) is 6.06. The number of hydrogen-bond donors (Lipinski definition) is 2. The fraction of sp³-hybridized carbons (Fsp3) is 0.290. The van der Waals surface area contributed by atoms with Gasteiger partial charge in [0.2, 0.25) is 0 Å². The second kappa shape index (κ2) is 11.6. The molecule has 5 rings (SSSR count). The molecule has 3 N–H and O–H groups in total. The summed E-state index contributed by atoms with van der Waals surface area (Å²) in [7, 11) is 0. The van der Waals surface area contributed by atoms with Crippen molar-refractivity contribution in [2.75, 3.05) is 43.8 Å². The summed E-state index contributed by atoms with van der Waals surface area (Å²) in [5.41, 5.74) is 12.4. The number of nitrogens with one attached hydrogen (secondary N) is 1. The van der Waals surface area contributed by atoms with Crippen molar-refractivity contribution in [2.24, 2.45) is 0 Å². The fourth-order valence-electron chi connectivity index (χ4n) is 4.77. The van der Waals surface area contributed by atoms with E-state index in [1.807, 2.05) is 31.2 Å². The van der Waals surface area contributed by atoms with Crippen LogP contribution >= 0.6 is 0 Å². The van der Waals surface area contributed by atoms with E-state index >= 15 is 0 Å². The first-order chi connectivity index (χ1) is 18.9. The summed E-state index contributed by atoms with van der Waals surface area (Å²) in [4.78, 5) is 31.0. The number of aromatic nitrogens is 3. The number of rotatable bonds is 5. The average molecular weight is 520 g/mol. The zero-order valence-electron chi connectivity index (χ0n) is 22.7. The minimum absolute atomic E-state index is 0.225. The molecule has 0 aliphatic carbocycles. The molecular formula is C31H33N7O. The first kappa shape index (κ1) is 26.3. The third-order valence-corrected chi connectivity index (χ3v) is 7.26. The van der Waals surface area contributed by atoms with Gasteiger partial charge in [0.1, 0.15) is 11.3 Å². The van der Waals surface area contributed by atoms with Crippen LogP contribution in [0.2, 0.25) is 0 Å². The van der Waals surface area contributed by atoms with Gasteiger partial charge in [0.05, 0.1) is 16.8 Å². The van der Waals surface area contributed by atoms with Gasteiger partial charge in [0, 0.05) is 68.0 Å². The molecule has 3 aromatic heterocycles. The Balaban J connectivity index is 1.29. The Morgan fingerprint density at radius 3 is 2.51 bits per heavy atom. The molecule has 0 bridgehead atoms. The number of benzene rings is 1.